The van der Waals surface area contributed by atoms with Crippen molar-refractivity contribution in [3.05, 3.63) is 90.0 Å². The number of benzene rings is 2. The number of aryl methyl sites for hydroxylation is 1. The minimum absolute atomic E-state index is 0.0175. The van der Waals surface area contributed by atoms with Crippen molar-refractivity contribution < 1.29 is 4.57 Å². The third-order valence-corrected chi connectivity index (χ3v) is 7.59. The van der Waals surface area contributed by atoms with Crippen LogP contribution in [-0.4, -0.2) is 4.98 Å². The van der Waals surface area contributed by atoms with Crippen molar-refractivity contribution in [3.8, 4) is 0 Å². The second-order valence-corrected chi connectivity index (χ2v) is 10.3. The summed E-state index contributed by atoms with van der Waals surface area (Å²) in [6, 6.07) is 22.4. The molecule has 184 valence electrons. The second-order valence-electron chi connectivity index (χ2n) is 10.3. The van der Waals surface area contributed by atoms with Crippen LogP contribution in [0.2, 0.25) is 0 Å². The van der Waals surface area contributed by atoms with Gasteiger partial charge in [0, 0.05) is 5.41 Å². The smallest absolute Gasteiger partial charge is 0.247 e. The Hall–Kier alpha value is -2.35. The molecular weight excluding hydrogens is 412 g/mol. The Balaban J connectivity index is 1.93. The molecule has 0 fully saturated rings. The van der Waals surface area contributed by atoms with Crippen LogP contribution in [-0.2, 0) is 18.4 Å². The van der Waals surface area contributed by atoms with Gasteiger partial charge in [0.25, 0.3) is 5.82 Å². The Bertz CT molecular complexity index is 914. The van der Waals surface area contributed by atoms with Crippen molar-refractivity contribution in [1.82, 2.24) is 4.98 Å². The Labute approximate surface area is 208 Å². The second kappa shape index (κ2) is 14.1. The molecule has 0 spiro atoms. The van der Waals surface area contributed by atoms with E-state index in [9.17, 15) is 0 Å². The largest absolute Gasteiger partial charge is 0.258 e. The normalized spacial score (nSPS) is 14.1. The van der Waals surface area contributed by atoms with E-state index >= 15 is 0 Å². The number of hydrogen-bond acceptors (Lipinski definition) is 0. The summed E-state index contributed by atoms with van der Waals surface area (Å²) in [6.45, 7) is 8.22. The molecule has 0 radical (unpaired) electrons. The quantitative estimate of drug-likeness (QED) is 0.164. The van der Waals surface area contributed by atoms with Crippen molar-refractivity contribution in [1.29, 1.82) is 0 Å². The van der Waals surface area contributed by atoms with Crippen LogP contribution >= 0.6 is 0 Å². The van der Waals surface area contributed by atoms with E-state index in [4.69, 9.17) is 0 Å². The van der Waals surface area contributed by atoms with E-state index in [-0.39, 0.29) is 5.41 Å². The van der Waals surface area contributed by atoms with Crippen LogP contribution in [0.5, 0.6) is 0 Å². The molecule has 0 saturated heterocycles. The van der Waals surface area contributed by atoms with Gasteiger partial charge in [-0.3, -0.25) is 0 Å². The molecular formula is C32H47N2+. The number of imidazole rings is 1. The zero-order chi connectivity index (χ0) is 24.1. The molecule has 2 unspecified atom stereocenters. The summed E-state index contributed by atoms with van der Waals surface area (Å²) < 4.78 is 2.53. The van der Waals surface area contributed by atoms with Gasteiger partial charge in [0.2, 0.25) is 0 Å². The molecule has 0 amide bonds. The first kappa shape index (κ1) is 26.3. The fraction of sp³-hybridized carbons (Fsp3) is 0.531. The fourth-order valence-electron chi connectivity index (χ4n) is 5.55. The molecule has 0 saturated carbocycles. The molecule has 0 aliphatic carbocycles. The lowest BCUT2D eigenvalue weighted by Crippen LogP contribution is -2.43. The standard InChI is InChI=1S/C32H46N2/c1-4-6-8-10-18-25-34-26-24-33-31(34)30(23-17-9-7-5-2)32(3,29-21-15-12-16-22-29)27-28-19-13-11-14-20-28/h11-16,19-22,24,26,30H,4-10,17-18,23,25,27H2,1-3H3/p+1. The van der Waals surface area contributed by atoms with Crippen molar-refractivity contribution in [3.63, 3.8) is 0 Å². The topological polar surface area (TPSA) is 19.7 Å². The van der Waals surface area contributed by atoms with Crippen LogP contribution < -0.4 is 4.57 Å². The van der Waals surface area contributed by atoms with Crippen LogP contribution in [0.25, 0.3) is 0 Å². The Morgan fingerprint density at radius 3 is 2.06 bits per heavy atom. The van der Waals surface area contributed by atoms with E-state index in [0.29, 0.717) is 5.92 Å². The Morgan fingerprint density at radius 1 is 0.765 bits per heavy atom. The zero-order valence-electron chi connectivity index (χ0n) is 21.9. The molecule has 2 atom stereocenters. The van der Waals surface area contributed by atoms with E-state index < -0.39 is 0 Å². The van der Waals surface area contributed by atoms with Gasteiger partial charge in [-0.2, -0.15) is 0 Å². The summed E-state index contributed by atoms with van der Waals surface area (Å²) in [4.78, 5) is 3.72. The first-order valence-corrected chi connectivity index (χ1v) is 13.8. The highest BCUT2D eigenvalue weighted by atomic mass is 15.1. The number of hydrogen-bond donors (Lipinski definition) is 1. The number of H-pyrrole nitrogens is 1. The van der Waals surface area contributed by atoms with Gasteiger partial charge < -0.3 is 0 Å². The van der Waals surface area contributed by atoms with E-state index in [1.165, 1.54) is 81.2 Å². The van der Waals surface area contributed by atoms with Gasteiger partial charge in [-0.15, -0.1) is 0 Å². The summed E-state index contributed by atoms with van der Waals surface area (Å²) >= 11 is 0. The van der Waals surface area contributed by atoms with Gasteiger partial charge in [-0.1, -0.05) is 126 Å². The highest BCUT2D eigenvalue weighted by molar-refractivity contribution is 5.32. The van der Waals surface area contributed by atoms with Gasteiger partial charge >= 0.3 is 0 Å². The molecule has 1 N–H and O–H groups in total. The third kappa shape index (κ3) is 7.32. The molecule has 0 bridgehead atoms. The number of aromatic amines is 1. The van der Waals surface area contributed by atoms with Crippen LogP contribution in [0.1, 0.15) is 108 Å². The van der Waals surface area contributed by atoms with E-state index in [1.54, 1.807) is 0 Å². The molecule has 2 aromatic carbocycles. The first-order valence-electron chi connectivity index (χ1n) is 13.8. The van der Waals surface area contributed by atoms with E-state index in [0.717, 1.165) is 13.0 Å². The molecule has 0 aliphatic heterocycles. The van der Waals surface area contributed by atoms with Gasteiger partial charge in [-0.05, 0) is 36.8 Å². The molecule has 2 heteroatoms. The maximum atomic E-state index is 3.72. The lowest BCUT2D eigenvalue weighted by molar-refractivity contribution is -0.705. The summed E-state index contributed by atoms with van der Waals surface area (Å²) in [5.74, 6) is 1.85. The molecule has 1 heterocycles. The van der Waals surface area contributed by atoms with Crippen LogP contribution in [0.3, 0.4) is 0 Å². The van der Waals surface area contributed by atoms with Crippen LogP contribution in [0, 0.1) is 0 Å². The molecule has 1 aromatic heterocycles. The average Bonchev–Trinajstić information content (AvgIpc) is 3.33. The minimum atomic E-state index is 0.0175. The van der Waals surface area contributed by atoms with E-state index in [2.05, 4.69) is 103 Å². The summed E-state index contributed by atoms with van der Waals surface area (Å²) in [5, 5.41) is 0. The van der Waals surface area contributed by atoms with Crippen molar-refractivity contribution in [2.45, 2.75) is 109 Å². The monoisotopic (exact) mass is 459 g/mol. The number of nitrogens with zero attached hydrogens (tertiary/aromatic N) is 1. The van der Waals surface area contributed by atoms with Crippen LogP contribution in [0.4, 0.5) is 0 Å². The Morgan fingerprint density at radius 2 is 1.38 bits per heavy atom. The molecule has 3 rings (SSSR count). The highest BCUT2D eigenvalue weighted by Crippen LogP contribution is 2.43. The summed E-state index contributed by atoms with van der Waals surface area (Å²) in [5.41, 5.74) is 2.89. The summed E-state index contributed by atoms with van der Waals surface area (Å²) in [7, 11) is 0. The van der Waals surface area contributed by atoms with Crippen molar-refractivity contribution in [2.24, 2.45) is 0 Å². The average molecular weight is 460 g/mol. The number of aromatic nitrogens is 2. The number of nitrogens with one attached hydrogen (secondary N) is 1. The molecule has 0 aliphatic rings. The maximum absolute atomic E-state index is 3.72. The zero-order valence-corrected chi connectivity index (χ0v) is 21.9. The Kier molecular flexibility index (Phi) is 10.9. The number of rotatable bonds is 16. The van der Waals surface area contributed by atoms with Gasteiger partial charge in [0.05, 0.1) is 12.5 Å². The number of unbranched alkanes of at least 4 members (excludes halogenated alkanes) is 7. The van der Waals surface area contributed by atoms with Gasteiger partial charge in [0.15, 0.2) is 0 Å². The van der Waals surface area contributed by atoms with E-state index in [1.807, 2.05) is 0 Å². The van der Waals surface area contributed by atoms with Crippen molar-refractivity contribution in [2.75, 3.05) is 0 Å². The SMILES string of the molecule is CCCCCCC[n+]1cc[nH]c1C(CCCCCC)C(C)(Cc1ccccc1)c1ccccc1. The predicted molar refractivity (Wildman–Crippen MR) is 145 cm³/mol. The molecule has 34 heavy (non-hydrogen) atoms. The fourth-order valence-corrected chi connectivity index (χ4v) is 5.55. The van der Waals surface area contributed by atoms with Crippen LogP contribution in [0.15, 0.2) is 73.1 Å². The lowest BCUT2D eigenvalue weighted by atomic mass is 9.66. The summed E-state index contributed by atoms with van der Waals surface area (Å²) in [6.07, 6.45) is 18.5. The predicted octanol–water partition coefficient (Wildman–Crippen LogP) is 8.53. The maximum Gasteiger partial charge on any atom is 0.258 e. The first-order chi connectivity index (χ1) is 16.7. The molecule has 3 aromatic rings. The van der Waals surface area contributed by atoms with Gasteiger partial charge in [-0.25, -0.2) is 9.55 Å². The molecule has 2 nitrogen and oxygen atoms in total. The third-order valence-electron chi connectivity index (χ3n) is 7.59. The highest BCUT2D eigenvalue weighted by Gasteiger charge is 2.41. The minimum Gasteiger partial charge on any atom is -0.247 e. The van der Waals surface area contributed by atoms with Gasteiger partial charge in [0.1, 0.15) is 12.4 Å². The van der Waals surface area contributed by atoms with Crippen molar-refractivity contribution >= 4 is 0 Å². The lowest BCUT2D eigenvalue weighted by Gasteiger charge is -2.37.